The molecule has 1 aliphatic rings. The molecule has 0 radical (unpaired) electrons. The molecule has 18 heavy (non-hydrogen) atoms. The van der Waals surface area contributed by atoms with Gasteiger partial charge in [0.1, 0.15) is 12.4 Å². The fourth-order valence-corrected chi connectivity index (χ4v) is 2.44. The SMILES string of the molecule is Cc1ccc(Br)c(OCCN2CCN(C)CC2)c1. The summed E-state index contributed by atoms with van der Waals surface area (Å²) in [5, 5.41) is 0. The molecule has 1 aromatic rings. The molecule has 100 valence electrons. The van der Waals surface area contributed by atoms with E-state index >= 15 is 0 Å². The lowest BCUT2D eigenvalue weighted by molar-refractivity contribution is 0.133. The van der Waals surface area contributed by atoms with E-state index in [1.165, 1.54) is 5.56 Å². The fourth-order valence-electron chi connectivity index (χ4n) is 2.08. The van der Waals surface area contributed by atoms with E-state index in [1.807, 2.05) is 6.07 Å². The van der Waals surface area contributed by atoms with E-state index in [4.69, 9.17) is 4.74 Å². The number of piperazine rings is 1. The maximum absolute atomic E-state index is 5.85. The molecule has 0 unspecified atom stereocenters. The number of halogens is 1. The summed E-state index contributed by atoms with van der Waals surface area (Å²) >= 11 is 3.52. The third kappa shape index (κ3) is 3.97. The molecule has 0 bridgehead atoms. The average molecular weight is 313 g/mol. The summed E-state index contributed by atoms with van der Waals surface area (Å²) in [5.41, 5.74) is 1.23. The molecule has 0 atom stereocenters. The van der Waals surface area contributed by atoms with E-state index in [1.54, 1.807) is 0 Å². The van der Waals surface area contributed by atoms with Crippen molar-refractivity contribution in [3.05, 3.63) is 28.2 Å². The van der Waals surface area contributed by atoms with Gasteiger partial charge in [-0.25, -0.2) is 0 Å². The summed E-state index contributed by atoms with van der Waals surface area (Å²) in [6.07, 6.45) is 0. The van der Waals surface area contributed by atoms with Crippen LogP contribution in [0.5, 0.6) is 5.75 Å². The maximum atomic E-state index is 5.85. The van der Waals surface area contributed by atoms with Crippen molar-refractivity contribution in [1.82, 2.24) is 9.80 Å². The average Bonchev–Trinajstić information content (AvgIpc) is 2.36. The fraction of sp³-hybridized carbons (Fsp3) is 0.571. The van der Waals surface area contributed by atoms with Crippen LogP contribution in [0.25, 0.3) is 0 Å². The van der Waals surface area contributed by atoms with E-state index in [-0.39, 0.29) is 0 Å². The standard InChI is InChI=1S/C14H21BrN2O/c1-12-3-4-13(15)14(11-12)18-10-9-17-7-5-16(2)6-8-17/h3-4,11H,5-10H2,1-2H3. The highest BCUT2D eigenvalue weighted by Crippen LogP contribution is 2.25. The van der Waals surface area contributed by atoms with Crippen molar-refractivity contribution in [2.75, 3.05) is 46.4 Å². The summed E-state index contributed by atoms with van der Waals surface area (Å²) in [5.74, 6) is 0.948. The van der Waals surface area contributed by atoms with Crippen molar-refractivity contribution in [2.45, 2.75) is 6.92 Å². The van der Waals surface area contributed by atoms with Gasteiger partial charge >= 0.3 is 0 Å². The second-order valence-electron chi connectivity index (χ2n) is 4.93. The van der Waals surface area contributed by atoms with Gasteiger partial charge in [0.25, 0.3) is 0 Å². The first-order valence-corrected chi connectivity index (χ1v) is 7.24. The predicted octanol–water partition coefficient (Wildman–Crippen LogP) is 2.38. The van der Waals surface area contributed by atoms with Gasteiger partial charge in [-0.05, 0) is 47.6 Å². The summed E-state index contributed by atoms with van der Waals surface area (Å²) in [6.45, 7) is 8.46. The number of benzene rings is 1. The van der Waals surface area contributed by atoms with E-state index in [0.717, 1.165) is 49.6 Å². The number of rotatable bonds is 4. The number of hydrogen-bond acceptors (Lipinski definition) is 3. The summed E-state index contributed by atoms with van der Waals surface area (Å²) < 4.78 is 6.88. The second-order valence-corrected chi connectivity index (χ2v) is 5.78. The Bertz CT molecular complexity index is 389. The number of aryl methyl sites for hydroxylation is 1. The van der Waals surface area contributed by atoms with Crippen molar-refractivity contribution in [1.29, 1.82) is 0 Å². The largest absolute Gasteiger partial charge is 0.491 e. The minimum absolute atomic E-state index is 0.756. The van der Waals surface area contributed by atoms with Crippen molar-refractivity contribution < 1.29 is 4.74 Å². The monoisotopic (exact) mass is 312 g/mol. The maximum Gasteiger partial charge on any atom is 0.133 e. The van der Waals surface area contributed by atoms with Gasteiger partial charge in [-0.3, -0.25) is 4.90 Å². The van der Waals surface area contributed by atoms with E-state index in [2.05, 4.69) is 51.8 Å². The Balaban J connectivity index is 1.76. The highest BCUT2D eigenvalue weighted by atomic mass is 79.9. The first-order chi connectivity index (χ1) is 8.65. The Morgan fingerprint density at radius 3 is 2.67 bits per heavy atom. The zero-order valence-electron chi connectivity index (χ0n) is 11.2. The Hall–Kier alpha value is -0.580. The third-order valence-corrected chi connectivity index (χ3v) is 4.00. The molecule has 0 saturated carbocycles. The molecular weight excluding hydrogens is 292 g/mol. The van der Waals surface area contributed by atoms with Gasteiger partial charge in [-0.2, -0.15) is 0 Å². The van der Waals surface area contributed by atoms with Gasteiger partial charge in [-0.1, -0.05) is 6.07 Å². The number of ether oxygens (including phenoxy) is 1. The van der Waals surface area contributed by atoms with Gasteiger partial charge in [0.2, 0.25) is 0 Å². The molecule has 0 N–H and O–H groups in total. The van der Waals surface area contributed by atoms with Gasteiger partial charge in [-0.15, -0.1) is 0 Å². The molecular formula is C14H21BrN2O. The lowest BCUT2D eigenvalue weighted by Gasteiger charge is -2.32. The van der Waals surface area contributed by atoms with Gasteiger partial charge in [0.05, 0.1) is 4.47 Å². The topological polar surface area (TPSA) is 15.7 Å². The molecule has 1 heterocycles. The summed E-state index contributed by atoms with van der Waals surface area (Å²) in [7, 11) is 2.18. The zero-order chi connectivity index (χ0) is 13.0. The Kier molecular flexibility index (Phi) is 5.03. The minimum Gasteiger partial charge on any atom is -0.491 e. The van der Waals surface area contributed by atoms with Crippen LogP contribution in [0, 0.1) is 6.92 Å². The summed E-state index contributed by atoms with van der Waals surface area (Å²) in [4.78, 5) is 4.83. The van der Waals surface area contributed by atoms with Crippen LogP contribution in [-0.4, -0.2) is 56.2 Å². The van der Waals surface area contributed by atoms with E-state index in [0.29, 0.717) is 0 Å². The van der Waals surface area contributed by atoms with Gasteiger partial charge < -0.3 is 9.64 Å². The van der Waals surface area contributed by atoms with Crippen LogP contribution < -0.4 is 4.74 Å². The quantitative estimate of drug-likeness (QED) is 0.849. The van der Waals surface area contributed by atoms with Gasteiger partial charge in [0.15, 0.2) is 0 Å². The molecule has 1 saturated heterocycles. The Morgan fingerprint density at radius 2 is 1.94 bits per heavy atom. The Morgan fingerprint density at radius 1 is 1.22 bits per heavy atom. The molecule has 0 aliphatic carbocycles. The lowest BCUT2D eigenvalue weighted by atomic mass is 10.2. The molecule has 0 aromatic heterocycles. The highest BCUT2D eigenvalue weighted by Gasteiger charge is 2.13. The highest BCUT2D eigenvalue weighted by molar-refractivity contribution is 9.10. The third-order valence-electron chi connectivity index (χ3n) is 3.35. The van der Waals surface area contributed by atoms with Crippen molar-refractivity contribution in [3.63, 3.8) is 0 Å². The van der Waals surface area contributed by atoms with E-state index in [9.17, 15) is 0 Å². The molecule has 3 nitrogen and oxygen atoms in total. The molecule has 2 rings (SSSR count). The van der Waals surface area contributed by atoms with Crippen LogP contribution in [0.3, 0.4) is 0 Å². The molecule has 4 heteroatoms. The van der Waals surface area contributed by atoms with Crippen LogP contribution >= 0.6 is 15.9 Å². The Labute approximate surface area is 118 Å². The zero-order valence-corrected chi connectivity index (χ0v) is 12.7. The van der Waals surface area contributed by atoms with Crippen LogP contribution in [0.2, 0.25) is 0 Å². The molecule has 0 amide bonds. The number of likely N-dealkylation sites (N-methyl/N-ethyl adjacent to an activating group) is 1. The van der Waals surface area contributed by atoms with Gasteiger partial charge in [0, 0.05) is 32.7 Å². The van der Waals surface area contributed by atoms with Crippen LogP contribution in [-0.2, 0) is 0 Å². The normalized spacial score (nSPS) is 17.9. The first kappa shape index (κ1) is 13.8. The lowest BCUT2D eigenvalue weighted by Crippen LogP contribution is -2.45. The van der Waals surface area contributed by atoms with Crippen molar-refractivity contribution in [3.8, 4) is 5.75 Å². The predicted molar refractivity (Wildman–Crippen MR) is 78.3 cm³/mol. The van der Waals surface area contributed by atoms with Crippen molar-refractivity contribution >= 4 is 15.9 Å². The van der Waals surface area contributed by atoms with Crippen LogP contribution in [0.15, 0.2) is 22.7 Å². The van der Waals surface area contributed by atoms with Crippen molar-refractivity contribution in [2.24, 2.45) is 0 Å². The number of nitrogens with zero attached hydrogens (tertiary/aromatic N) is 2. The molecule has 0 spiro atoms. The number of hydrogen-bond donors (Lipinski definition) is 0. The molecule has 1 aliphatic heterocycles. The first-order valence-electron chi connectivity index (χ1n) is 6.45. The molecule has 1 fully saturated rings. The van der Waals surface area contributed by atoms with Crippen LogP contribution in [0.1, 0.15) is 5.56 Å². The minimum atomic E-state index is 0.756. The van der Waals surface area contributed by atoms with E-state index < -0.39 is 0 Å². The summed E-state index contributed by atoms with van der Waals surface area (Å²) in [6, 6.07) is 6.20. The second kappa shape index (κ2) is 6.55. The molecule has 1 aromatic carbocycles. The smallest absolute Gasteiger partial charge is 0.133 e. The van der Waals surface area contributed by atoms with Crippen LogP contribution in [0.4, 0.5) is 0 Å².